The predicted octanol–water partition coefficient (Wildman–Crippen LogP) is 2.37. The third-order valence-corrected chi connectivity index (χ3v) is 4.20. The Balaban J connectivity index is 2.20. The molecule has 2 heterocycles. The van der Waals surface area contributed by atoms with Crippen LogP contribution >= 0.6 is 0 Å². The highest BCUT2D eigenvalue weighted by Gasteiger charge is 2.34. The molecule has 1 aliphatic rings. The number of Topliss-reactive ketones (excluding diaryl/α,β-unsaturated/α-hetero) is 2. The van der Waals surface area contributed by atoms with Crippen molar-refractivity contribution < 1.29 is 23.9 Å². The molecule has 0 unspecified atom stereocenters. The van der Waals surface area contributed by atoms with E-state index in [9.17, 15) is 14.4 Å². The molecule has 2 aromatic rings. The number of esters is 1. The third-order valence-electron chi connectivity index (χ3n) is 4.20. The topological polar surface area (TPSA) is 170 Å². The number of carbonyl (C=O) groups excluding carboxylic acids is 3. The summed E-state index contributed by atoms with van der Waals surface area (Å²) in [6, 6.07) is 4.32. The summed E-state index contributed by atoms with van der Waals surface area (Å²) >= 11 is 0. The number of ketones is 2. The predicted molar refractivity (Wildman–Crippen MR) is 99.8 cm³/mol. The molecule has 0 aliphatic heterocycles. The second-order valence-electron chi connectivity index (χ2n) is 5.91. The van der Waals surface area contributed by atoms with E-state index < -0.39 is 23.2 Å². The molecule has 11 nitrogen and oxygen atoms in total. The van der Waals surface area contributed by atoms with Gasteiger partial charge in [0.2, 0.25) is 11.6 Å². The number of pyridine rings is 2. The molecule has 11 heteroatoms. The molecule has 3 rings (SSSR count). The van der Waals surface area contributed by atoms with E-state index in [0.717, 1.165) is 0 Å². The minimum Gasteiger partial charge on any atom is -0.492 e. The standard InChI is InChI=1S/C18H14N6O5/c1-7-6-9(19)13(22-11(7)18(27)29-3)10-5-4-8-12(21-10)16(26)14(23-24-20)17(28-2)15(8)25/h4-6H,19H2,1-3H3. The SMILES string of the molecule is COC(=O)c1nc(-c2ccc3c(n2)C(=O)C(N=[N+]=[N-])=C(OC)C3=O)c(N)cc1C. The number of rotatable bonds is 4. The molecule has 29 heavy (non-hydrogen) atoms. The van der Waals surface area contributed by atoms with E-state index in [2.05, 4.69) is 20.0 Å². The first-order chi connectivity index (χ1) is 13.8. The number of allylic oxidation sites excluding steroid dienone is 2. The number of azide groups is 1. The highest BCUT2D eigenvalue weighted by Crippen LogP contribution is 2.31. The van der Waals surface area contributed by atoms with Crippen LogP contribution in [0.25, 0.3) is 21.8 Å². The molecule has 0 bridgehead atoms. The number of aryl methyl sites for hydroxylation is 1. The molecule has 0 atom stereocenters. The number of fused-ring (bicyclic) bond motifs is 1. The second-order valence-corrected chi connectivity index (χ2v) is 5.91. The van der Waals surface area contributed by atoms with E-state index in [1.807, 2.05) is 0 Å². The van der Waals surface area contributed by atoms with Gasteiger partial charge in [0, 0.05) is 4.91 Å². The number of methoxy groups -OCH3 is 2. The van der Waals surface area contributed by atoms with Crippen LogP contribution in [0.15, 0.2) is 34.8 Å². The van der Waals surface area contributed by atoms with Crippen molar-refractivity contribution in [3.8, 4) is 11.4 Å². The van der Waals surface area contributed by atoms with Gasteiger partial charge in [-0.25, -0.2) is 14.8 Å². The zero-order valence-electron chi connectivity index (χ0n) is 15.6. The van der Waals surface area contributed by atoms with E-state index in [1.165, 1.54) is 32.4 Å². The third kappa shape index (κ3) is 3.15. The van der Waals surface area contributed by atoms with Crippen LogP contribution < -0.4 is 5.73 Å². The van der Waals surface area contributed by atoms with Gasteiger partial charge >= 0.3 is 5.97 Å². The van der Waals surface area contributed by atoms with Crippen molar-refractivity contribution in [3.05, 3.63) is 62.6 Å². The zero-order valence-corrected chi connectivity index (χ0v) is 15.6. The summed E-state index contributed by atoms with van der Waals surface area (Å²) in [5.41, 5.74) is 15.0. The van der Waals surface area contributed by atoms with Crippen molar-refractivity contribution >= 4 is 23.2 Å². The van der Waals surface area contributed by atoms with Crippen LogP contribution in [0.1, 0.15) is 36.9 Å². The van der Waals surface area contributed by atoms with Crippen LogP contribution in [-0.4, -0.2) is 41.7 Å². The summed E-state index contributed by atoms with van der Waals surface area (Å²) in [4.78, 5) is 48.2. The molecule has 0 amide bonds. The maximum atomic E-state index is 12.7. The van der Waals surface area contributed by atoms with Gasteiger partial charge < -0.3 is 15.2 Å². The Bertz CT molecular complexity index is 1160. The lowest BCUT2D eigenvalue weighted by Gasteiger charge is -2.17. The zero-order chi connectivity index (χ0) is 21.3. The van der Waals surface area contributed by atoms with Crippen molar-refractivity contribution in [2.45, 2.75) is 6.92 Å². The Morgan fingerprint density at radius 3 is 2.52 bits per heavy atom. The summed E-state index contributed by atoms with van der Waals surface area (Å²) in [5, 5.41) is 3.27. The fourth-order valence-corrected chi connectivity index (χ4v) is 2.86. The largest absolute Gasteiger partial charge is 0.492 e. The van der Waals surface area contributed by atoms with Gasteiger partial charge in [-0.15, -0.1) is 0 Å². The molecule has 146 valence electrons. The summed E-state index contributed by atoms with van der Waals surface area (Å²) in [6.45, 7) is 1.64. The number of nitrogen functional groups attached to an aromatic ring is 1. The van der Waals surface area contributed by atoms with E-state index in [0.29, 0.717) is 5.56 Å². The number of carbonyl (C=O) groups is 3. The van der Waals surface area contributed by atoms with Crippen molar-refractivity contribution in [2.24, 2.45) is 5.11 Å². The van der Waals surface area contributed by atoms with Crippen LogP contribution in [0.2, 0.25) is 0 Å². The van der Waals surface area contributed by atoms with Gasteiger partial charge in [-0.3, -0.25) is 9.59 Å². The van der Waals surface area contributed by atoms with Gasteiger partial charge in [0.25, 0.3) is 0 Å². The van der Waals surface area contributed by atoms with Crippen LogP contribution in [-0.2, 0) is 9.47 Å². The average Bonchev–Trinajstić information content (AvgIpc) is 2.71. The van der Waals surface area contributed by atoms with Crippen molar-refractivity contribution in [1.29, 1.82) is 0 Å². The first-order valence-corrected chi connectivity index (χ1v) is 8.13. The van der Waals surface area contributed by atoms with Crippen LogP contribution in [0.3, 0.4) is 0 Å². The minimum atomic E-state index is -0.782. The number of nitrogens with zero attached hydrogens (tertiary/aromatic N) is 5. The number of nitrogens with two attached hydrogens (primary N) is 1. The molecule has 2 aromatic heterocycles. The van der Waals surface area contributed by atoms with E-state index in [1.54, 1.807) is 6.92 Å². The van der Waals surface area contributed by atoms with Gasteiger partial charge in [-0.1, -0.05) is 5.11 Å². The fourth-order valence-electron chi connectivity index (χ4n) is 2.86. The highest BCUT2D eigenvalue weighted by molar-refractivity contribution is 6.25. The molecule has 0 spiro atoms. The monoisotopic (exact) mass is 394 g/mol. The molecule has 0 saturated heterocycles. The van der Waals surface area contributed by atoms with Gasteiger partial charge in [-0.2, -0.15) is 0 Å². The van der Waals surface area contributed by atoms with E-state index >= 15 is 0 Å². The first-order valence-electron chi connectivity index (χ1n) is 8.13. The smallest absolute Gasteiger partial charge is 0.356 e. The lowest BCUT2D eigenvalue weighted by molar-refractivity contribution is 0.0593. The summed E-state index contributed by atoms with van der Waals surface area (Å²) in [6.07, 6.45) is 0. The normalized spacial score (nSPS) is 12.9. The molecular weight excluding hydrogens is 380 g/mol. The molecule has 0 saturated carbocycles. The van der Waals surface area contributed by atoms with Crippen molar-refractivity contribution in [3.63, 3.8) is 0 Å². The molecule has 0 fully saturated rings. The van der Waals surface area contributed by atoms with Crippen LogP contribution in [0.5, 0.6) is 0 Å². The van der Waals surface area contributed by atoms with E-state index in [4.69, 9.17) is 20.7 Å². The van der Waals surface area contributed by atoms with Gasteiger partial charge in [0.05, 0.1) is 31.2 Å². The van der Waals surface area contributed by atoms with Crippen LogP contribution in [0, 0.1) is 6.92 Å². The minimum absolute atomic E-state index is 0.0219. The van der Waals surface area contributed by atoms with Gasteiger partial charge in [-0.05, 0) is 36.2 Å². The Hall–Kier alpha value is -4.24. The molecule has 0 aromatic carbocycles. The maximum absolute atomic E-state index is 12.7. The van der Waals surface area contributed by atoms with Crippen LogP contribution in [0.4, 0.5) is 5.69 Å². The Kier molecular flexibility index (Phi) is 4.99. The quantitative estimate of drug-likeness (QED) is 0.356. The Morgan fingerprint density at radius 2 is 1.90 bits per heavy atom. The fraction of sp³-hybridized carbons (Fsp3) is 0.167. The summed E-state index contributed by atoms with van der Waals surface area (Å²) in [7, 11) is 2.41. The van der Waals surface area contributed by atoms with Gasteiger partial charge in [0.1, 0.15) is 17.1 Å². The highest BCUT2D eigenvalue weighted by atomic mass is 16.5. The lowest BCUT2D eigenvalue weighted by Crippen LogP contribution is -2.24. The molecule has 1 aliphatic carbocycles. The summed E-state index contributed by atoms with van der Waals surface area (Å²) in [5.74, 6) is -2.46. The molecule has 0 radical (unpaired) electrons. The maximum Gasteiger partial charge on any atom is 0.356 e. The Morgan fingerprint density at radius 1 is 1.17 bits per heavy atom. The number of hydrogen-bond donors (Lipinski definition) is 1. The lowest BCUT2D eigenvalue weighted by atomic mass is 9.95. The van der Waals surface area contributed by atoms with Gasteiger partial charge in [0.15, 0.2) is 11.5 Å². The number of aromatic nitrogens is 2. The number of ether oxygens (including phenoxy) is 2. The first kappa shape index (κ1) is 19.5. The van der Waals surface area contributed by atoms with E-state index in [-0.39, 0.29) is 39.8 Å². The van der Waals surface area contributed by atoms with Crippen molar-refractivity contribution in [1.82, 2.24) is 9.97 Å². The number of hydrogen-bond acceptors (Lipinski definition) is 9. The Labute approximate surface area is 163 Å². The number of anilines is 1. The van der Waals surface area contributed by atoms with Crippen molar-refractivity contribution in [2.75, 3.05) is 20.0 Å². The molecular formula is C18H14N6O5. The summed E-state index contributed by atoms with van der Waals surface area (Å²) < 4.78 is 9.64. The average molecular weight is 394 g/mol. The molecule has 2 N–H and O–H groups in total. The second kappa shape index (κ2) is 7.41.